The van der Waals surface area contributed by atoms with Crippen molar-refractivity contribution < 1.29 is 59.0 Å². The highest BCUT2D eigenvalue weighted by Crippen LogP contribution is 2.38. The van der Waals surface area contributed by atoms with Crippen molar-refractivity contribution >= 4 is 64.5 Å². The van der Waals surface area contributed by atoms with Crippen LogP contribution in [0, 0.1) is 11.6 Å². The summed E-state index contributed by atoms with van der Waals surface area (Å²) >= 11 is 11.7. The molecule has 4 saturated heterocycles. The van der Waals surface area contributed by atoms with Crippen molar-refractivity contribution in [2.75, 3.05) is 37.2 Å². The zero-order valence-corrected chi connectivity index (χ0v) is 38.3. The SMILES string of the molecule is CC(=O)Nc1cc(Cl)c(OC(F)(F)F)cc1/C=C/C(=O)N1C2CCC1CN(Cc1ccc(F)cc1)C2.Nc1cc(Cl)c(OC(F)(F)F)cc1/C=C/C(=O)N1C2CCC1CN(Cc1ccc(F)cc1)C2. The Kier molecular flexibility index (Phi) is 15.8. The lowest BCUT2D eigenvalue weighted by atomic mass is 10.1. The minimum absolute atomic E-state index is 0.00879. The van der Waals surface area contributed by atoms with E-state index < -0.39 is 30.1 Å². The molecule has 21 heteroatoms. The van der Waals surface area contributed by atoms with E-state index in [0.29, 0.717) is 39.3 Å². The molecule has 4 aliphatic heterocycles. The number of ether oxygens (including phenoxy) is 2. The van der Waals surface area contributed by atoms with E-state index in [1.807, 2.05) is 4.90 Å². The summed E-state index contributed by atoms with van der Waals surface area (Å²) < 4.78 is 110. The highest BCUT2D eigenvalue weighted by atomic mass is 35.5. The van der Waals surface area contributed by atoms with Crippen LogP contribution in [0.15, 0.2) is 84.9 Å². The predicted octanol–water partition coefficient (Wildman–Crippen LogP) is 10.1. The third kappa shape index (κ3) is 13.7. The summed E-state index contributed by atoms with van der Waals surface area (Å²) in [6.07, 6.45) is -1.11. The molecule has 4 atom stereocenters. The Morgan fingerprint density at radius 2 is 1.01 bits per heavy atom. The van der Waals surface area contributed by atoms with Crippen LogP contribution in [0.1, 0.15) is 54.9 Å². The van der Waals surface area contributed by atoms with Crippen molar-refractivity contribution in [3.63, 3.8) is 0 Å². The largest absolute Gasteiger partial charge is 0.573 e. The minimum atomic E-state index is -4.96. The second kappa shape index (κ2) is 21.4. The molecule has 69 heavy (non-hydrogen) atoms. The Morgan fingerprint density at radius 1 is 0.638 bits per heavy atom. The van der Waals surface area contributed by atoms with Gasteiger partial charge in [0.15, 0.2) is 0 Å². The number of carbonyl (C=O) groups excluding carboxylic acids is 3. The summed E-state index contributed by atoms with van der Waals surface area (Å²) in [4.78, 5) is 45.7. The standard InChI is InChI=1S/C25H24ClF4N3O3.C23H22ClF4N3O2/c1-15(34)31-22-11-21(26)23(36-25(28,29)30)10-17(22)4-9-24(35)33-19-7-8-20(33)14-32(13-19)12-16-2-5-18(27)6-3-16;24-19-10-20(29)15(9-21(19)33-23(26,27)28)3-8-22(32)31-17-6-7-18(31)13-30(12-17)11-14-1-4-16(25)5-2-14/h2-6,9-11,19-20H,7-8,12-14H2,1H3,(H,31,34);1-5,8-10,17-18H,6-7,11-13,29H2/b9-4+;8-3+. The van der Waals surface area contributed by atoms with Gasteiger partial charge in [0, 0.05) is 105 Å². The average Bonchev–Trinajstić information content (AvgIpc) is 3.70. The van der Waals surface area contributed by atoms with Gasteiger partial charge in [0.25, 0.3) is 0 Å². The Labute approximate surface area is 402 Å². The first-order valence-corrected chi connectivity index (χ1v) is 22.5. The first-order valence-electron chi connectivity index (χ1n) is 21.7. The fraction of sp³-hybridized carbons (Fsp3) is 0.354. The van der Waals surface area contributed by atoms with Crippen molar-refractivity contribution in [2.24, 2.45) is 0 Å². The maximum atomic E-state index is 13.2. The van der Waals surface area contributed by atoms with Crippen LogP contribution < -0.4 is 20.5 Å². The van der Waals surface area contributed by atoms with Crippen molar-refractivity contribution in [3.8, 4) is 11.5 Å². The number of nitrogens with zero attached hydrogens (tertiary/aromatic N) is 4. The molecule has 4 unspecified atom stereocenters. The van der Waals surface area contributed by atoms with Crippen LogP contribution in [-0.4, -0.2) is 100 Å². The Morgan fingerprint density at radius 3 is 1.41 bits per heavy atom. The van der Waals surface area contributed by atoms with Crippen LogP contribution >= 0.6 is 23.2 Å². The molecule has 4 aliphatic rings. The molecule has 368 valence electrons. The number of hydrogen-bond donors (Lipinski definition) is 2. The Balaban J connectivity index is 0.000000205. The van der Waals surface area contributed by atoms with Crippen molar-refractivity contribution in [1.82, 2.24) is 19.6 Å². The van der Waals surface area contributed by atoms with E-state index in [4.69, 9.17) is 28.9 Å². The molecule has 4 aromatic rings. The Bertz CT molecular complexity index is 2550. The normalized spacial score (nSPS) is 20.6. The molecule has 4 heterocycles. The Hall–Kier alpha value is -5.89. The van der Waals surface area contributed by atoms with Gasteiger partial charge < -0.3 is 30.3 Å². The molecule has 3 amide bonds. The van der Waals surface area contributed by atoms with E-state index >= 15 is 0 Å². The van der Waals surface area contributed by atoms with Gasteiger partial charge in [-0.3, -0.25) is 24.2 Å². The van der Waals surface area contributed by atoms with Gasteiger partial charge >= 0.3 is 12.7 Å². The van der Waals surface area contributed by atoms with Crippen LogP contribution in [0.2, 0.25) is 10.0 Å². The van der Waals surface area contributed by atoms with E-state index in [1.165, 1.54) is 55.5 Å². The molecular formula is C48H46Cl2F8N6O5. The summed E-state index contributed by atoms with van der Waals surface area (Å²) in [7, 11) is 0. The average molecular weight is 1010 g/mol. The minimum Gasteiger partial charge on any atom is -0.404 e. The predicted molar refractivity (Wildman–Crippen MR) is 244 cm³/mol. The smallest absolute Gasteiger partial charge is 0.404 e. The second-order valence-electron chi connectivity index (χ2n) is 17.1. The summed E-state index contributed by atoms with van der Waals surface area (Å²) in [6.45, 7) is 5.28. The summed E-state index contributed by atoms with van der Waals surface area (Å²) in [5.41, 5.74) is 8.48. The number of fused-ring (bicyclic) bond motifs is 4. The van der Waals surface area contributed by atoms with Gasteiger partial charge in [-0.1, -0.05) is 47.5 Å². The topological polar surface area (TPSA) is 121 Å². The molecule has 0 radical (unpaired) electrons. The number of nitrogens with two attached hydrogens (primary N) is 1. The van der Waals surface area contributed by atoms with E-state index in [9.17, 15) is 49.5 Å². The summed E-state index contributed by atoms with van der Waals surface area (Å²) in [5.74, 6) is -2.74. The van der Waals surface area contributed by atoms with Gasteiger partial charge in [-0.15, -0.1) is 26.3 Å². The molecule has 8 rings (SSSR count). The summed E-state index contributed by atoms with van der Waals surface area (Å²) in [5, 5.41) is 1.89. The number of nitrogens with one attached hydrogen (secondary N) is 1. The van der Waals surface area contributed by atoms with Gasteiger partial charge in [-0.25, -0.2) is 8.78 Å². The third-order valence-electron chi connectivity index (χ3n) is 12.1. The first kappa shape index (κ1) is 51.0. The van der Waals surface area contributed by atoms with Crippen LogP contribution in [0.5, 0.6) is 11.5 Å². The molecule has 11 nitrogen and oxygen atoms in total. The van der Waals surface area contributed by atoms with E-state index in [-0.39, 0.29) is 80.2 Å². The van der Waals surface area contributed by atoms with Crippen molar-refractivity contribution in [2.45, 2.75) is 82.6 Å². The number of likely N-dealkylation sites (tertiary alicyclic amines) is 2. The monoisotopic (exact) mass is 1010 g/mol. The molecule has 0 aliphatic carbocycles. The van der Waals surface area contributed by atoms with E-state index in [0.717, 1.165) is 61.1 Å². The number of hydrogen-bond acceptors (Lipinski definition) is 8. The number of piperazine rings is 2. The molecule has 0 saturated carbocycles. The van der Waals surface area contributed by atoms with Crippen LogP contribution in [0.4, 0.5) is 46.5 Å². The highest BCUT2D eigenvalue weighted by Gasteiger charge is 2.43. The van der Waals surface area contributed by atoms with Crippen LogP contribution in [-0.2, 0) is 27.5 Å². The molecule has 0 aromatic heterocycles. The molecular weight excluding hydrogens is 963 g/mol. The zero-order valence-electron chi connectivity index (χ0n) is 36.8. The zero-order chi connectivity index (χ0) is 49.8. The van der Waals surface area contributed by atoms with Crippen LogP contribution in [0.3, 0.4) is 0 Å². The molecule has 4 fully saturated rings. The molecule has 3 N–H and O–H groups in total. The summed E-state index contributed by atoms with van der Waals surface area (Å²) in [6, 6.07) is 17.1. The molecule has 0 spiro atoms. The molecule has 4 bridgehead atoms. The fourth-order valence-electron chi connectivity index (χ4n) is 9.29. The quantitative estimate of drug-likeness (QED) is 0.0866. The van der Waals surface area contributed by atoms with E-state index in [1.54, 1.807) is 29.2 Å². The number of nitrogen functional groups attached to an aromatic ring is 1. The number of rotatable bonds is 11. The first-order chi connectivity index (χ1) is 32.6. The van der Waals surface area contributed by atoms with Gasteiger partial charge in [-0.05, 0) is 97.5 Å². The van der Waals surface area contributed by atoms with Gasteiger partial charge in [0.1, 0.15) is 23.1 Å². The van der Waals surface area contributed by atoms with Crippen molar-refractivity contribution in [1.29, 1.82) is 0 Å². The number of benzene rings is 4. The maximum Gasteiger partial charge on any atom is 0.573 e. The third-order valence-corrected chi connectivity index (χ3v) is 12.7. The number of anilines is 2. The second-order valence-corrected chi connectivity index (χ2v) is 17.9. The van der Waals surface area contributed by atoms with E-state index in [2.05, 4.69) is 24.6 Å². The number of amides is 3. The fourth-order valence-corrected chi connectivity index (χ4v) is 9.70. The highest BCUT2D eigenvalue weighted by molar-refractivity contribution is 6.33. The number of alkyl halides is 6. The van der Waals surface area contributed by atoms with Gasteiger partial charge in [-0.2, -0.15) is 0 Å². The van der Waals surface area contributed by atoms with Crippen molar-refractivity contribution in [3.05, 3.63) is 129 Å². The lowest BCUT2D eigenvalue weighted by Crippen LogP contribution is -2.55. The lowest BCUT2D eigenvalue weighted by Gasteiger charge is -2.40. The molecule has 4 aromatic carbocycles. The number of halogens is 10. The van der Waals surface area contributed by atoms with Gasteiger partial charge in [0.05, 0.1) is 10.0 Å². The van der Waals surface area contributed by atoms with Gasteiger partial charge in [0.2, 0.25) is 17.7 Å². The maximum absolute atomic E-state index is 13.2. The lowest BCUT2D eigenvalue weighted by molar-refractivity contribution is -0.275. The van der Waals surface area contributed by atoms with Crippen LogP contribution in [0.25, 0.3) is 12.2 Å². The number of carbonyl (C=O) groups is 3.